The number of hydrogen-bond acceptors (Lipinski definition) is 3. The van der Waals surface area contributed by atoms with Crippen molar-refractivity contribution in [1.82, 2.24) is 4.98 Å². The highest BCUT2D eigenvalue weighted by Crippen LogP contribution is 2.30. The molecule has 0 unspecified atom stereocenters. The number of aromatic nitrogens is 1. The van der Waals surface area contributed by atoms with Crippen molar-refractivity contribution in [2.75, 3.05) is 6.61 Å². The van der Waals surface area contributed by atoms with Gasteiger partial charge < -0.3 is 10.5 Å². The van der Waals surface area contributed by atoms with Gasteiger partial charge in [-0.05, 0) is 30.4 Å². The molecule has 17 heavy (non-hydrogen) atoms. The van der Waals surface area contributed by atoms with Crippen LogP contribution in [0.5, 0.6) is 5.88 Å². The van der Waals surface area contributed by atoms with Gasteiger partial charge in [-0.1, -0.05) is 18.2 Å². The minimum Gasteiger partial charge on any atom is -0.477 e. The molecule has 3 nitrogen and oxygen atoms in total. The minimum absolute atomic E-state index is 0.517. The molecule has 3 rings (SSSR count). The Labute approximate surface area is 101 Å². The first kappa shape index (κ1) is 10.5. The highest BCUT2D eigenvalue weighted by molar-refractivity contribution is 5.82. The van der Waals surface area contributed by atoms with Gasteiger partial charge >= 0.3 is 0 Å². The predicted molar refractivity (Wildman–Crippen MR) is 67.9 cm³/mol. The Balaban J connectivity index is 1.95. The predicted octanol–water partition coefficient (Wildman–Crippen LogP) is 2.48. The van der Waals surface area contributed by atoms with Crippen LogP contribution in [-0.2, 0) is 6.54 Å². The molecule has 1 fully saturated rings. The van der Waals surface area contributed by atoms with E-state index in [1.165, 1.54) is 12.8 Å². The fourth-order valence-corrected chi connectivity index (χ4v) is 1.95. The van der Waals surface area contributed by atoms with Crippen LogP contribution in [0.1, 0.15) is 18.4 Å². The van der Waals surface area contributed by atoms with Crippen molar-refractivity contribution < 1.29 is 4.74 Å². The van der Waals surface area contributed by atoms with E-state index in [1.54, 1.807) is 0 Å². The molecular weight excluding hydrogens is 212 g/mol. The molecule has 0 amide bonds. The normalized spacial score (nSPS) is 15.1. The van der Waals surface area contributed by atoms with Crippen molar-refractivity contribution >= 4 is 10.9 Å². The van der Waals surface area contributed by atoms with Gasteiger partial charge in [-0.15, -0.1) is 0 Å². The summed E-state index contributed by atoms with van der Waals surface area (Å²) in [6, 6.07) is 10.0. The molecule has 0 atom stereocenters. The molecule has 1 aliphatic rings. The van der Waals surface area contributed by atoms with Crippen LogP contribution in [0.4, 0.5) is 0 Å². The fourth-order valence-electron chi connectivity index (χ4n) is 1.95. The Morgan fingerprint density at radius 3 is 2.88 bits per heavy atom. The molecule has 2 aromatic rings. The molecule has 1 heterocycles. The second kappa shape index (κ2) is 4.34. The molecule has 88 valence electrons. The smallest absolute Gasteiger partial charge is 0.214 e. The van der Waals surface area contributed by atoms with Gasteiger partial charge in [0.2, 0.25) is 5.88 Å². The number of para-hydroxylation sites is 1. The standard InChI is InChI=1S/C14H16N2O/c15-8-11-7-14(17-9-10-5-6-10)16-13-4-2-1-3-12(11)13/h1-4,7,10H,5-6,8-9,15H2. The fraction of sp³-hybridized carbons (Fsp3) is 0.357. The van der Waals surface area contributed by atoms with E-state index in [9.17, 15) is 0 Å². The minimum atomic E-state index is 0.517. The van der Waals surface area contributed by atoms with Gasteiger partial charge in [-0.3, -0.25) is 0 Å². The average molecular weight is 228 g/mol. The van der Waals surface area contributed by atoms with Crippen LogP contribution in [0.3, 0.4) is 0 Å². The first-order valence-corrected chi connectivity index (χ1v) is 6.08. The Morgan fingerprint density at radius 1 is 1.29 bits per heavy atom. The second-order valence-electron chi connectivity index (χ2n) is 4.60. The zero-order valence-electron chi connectivity index (χ0n) is 9.73. The van der Waals surface area contributed by atoms with Gasteiger partial charge in [0.05, 0.1) is 12.1 Å². The lowest BCUT2D eigenvalue weighted by atomic mass is 10.1. The SMILES string of the molecule is NCc1cc(OCC2CC2)nc2ccccc12. The first-order valence-electron chi connectivity index (χ1n) is 6.08. The first-order chi connectivity index (χ1) is 8.36. The van der Waals surface area contributed by atoms with E-state index in [-0.39, 0.29) is 0 Å². The van der Waals surface area contributed by atoms with Gasteiger partial charge in [0.1, 0.15) is 0 Å². The summed E-state index contributed by atoms with van der Waals surface area (Å²) in [5.41, 5.74) is 7.83. The number of nitrogens with zero attached hydrogens (tertiary/aromatic N) is 1. The summed E-state index contributed by atoms with van der Waals surface area (Å²) in [5, 5.41) is 1.12. The second-order valence-corrected chi connectivity index (χ2v) is 4.60. The van der Waals surface area contributed by atoms with E-state index in [2.05, 4.69) is 11.1 Å². The zero-order chi connectivity index (χ0) is 11.7. The third-order valence-corrected chi connectivity index (χ3v) is 3.16. The number of hydrogen-bond donors (Lipinski definition) is 1. The quantitative estimate of drug-likeness (QED) is 0.874. The van der Waals surface area contributed by atoms with Crippen LogP contribution >= 0.6 is 0 Å². The lowest BCUT2D eigenvalue weighted by molar-refractivity contribution is 0.289. The van der Waals surface area contributed by atoms with E-state index in [1.807, 2.05) is 24.3 Å². The van der Waals surface area contributed by atoms with Crippen molar-refractivity contribution in [1.29, 1.82) is 0 Å². The lowest BCUT2D eigenvalue weighted by Gasteiger charge is -2.09. The number of nitrogens with two attached hydrogens (primary N) is 1. The summed E-state index contributed by atoms with van der Waals surface area (Å²) in [7, 11) is 0. The van der Waals surface area contributed by atoms with Crippen LogP contribution in [0.25, 0.3) is 10.9 Å². The molecule has 1 saturated carbocycles. The molecule has 0 spiro atoms. The van der Waals surface area contributed by atoms with E-state index in [4.69, 9.17) is 10.5 Å². The molecular formula is C14H16N2O. The van der Waals surface area contributed by atoms with Crippen molar-refractivity contribution in [2.45, 2.75) is 19.4 Å². The molecule has 0 aliphatic heterocycles. The Hall–Kier alpha value is -1.61. The van der Waals surface area contributed by atoms with Crippen LogP contribution in [-0.4, -0.2) is 11.6 Å². The number of rotatable bonds is 4. The maximum Gasteiger partial charge on any atom is 0.214 e. The number of ether oxygens (including phenoxy) is 1. The number of pyridine rings is 1. The number of fused-ring (bicyclic) bond motifs is 1. The number of benzene rings is 1. The summed E-state index contributed by atoms with van der Waals surface area (Å²) in [4.78, 5) is 4.51. The largest absolute Gasteiger partial charge is 0.477 e. The zero-order valence-corrected chi connectivity index (χ0v) is 9.73. The Morgan fingerprint density at radius 2 is 2.12 bits per heavy atom. The van der Waals surface area contributed by atoms with Crippen molar-refractivity contribution in [2.24, 2.45) is 11.7 Å². The van der Waals surface area contributed by atoms with Gasteiger partial charge in [0.25, 0.3) is 0 Å². The van der Waals surface area contributed by atoms with Crippen LogP contribution < -0.4 is 10.5 Å². The Kier molecular flexibility index (Phi) is 2.69. The molecule has 2 N–H and O–H groups in total. The molecule has 0 saturated heterocycles. The molecule has 1 aromatic carbocycles. The average Bonchev–Trinajstić information content (AvgIpc) is 3.19. The van der Waals surface area contributed by atoms with Gasteiger partial charge in [0.15, 0.2) is 0 Å². The maximum absolute atomic E-state index is 5.77. The molecule has 1 aromatic heterocycles. The summed E-state index contributed by atoms with van der Waals surface area (Å²) in [6.45, 7) is 1.30. The van der Waals surface area contributed by atoms with E-state index in [0.717, 1.165) is 29.0 Å². The van der Waals surface area contributed by atoms with Gasteiger partial charge in [0, 0.05) is 18.0 Å². The maximum atomic E-state index is 5.77. The van der Waals surface area contributed by atoms with Gasteiger partial charge in [-0.25, -0.2) is 4.98 Å². The highest BCUT2D eigenvalue weighted by atomic mass is 16.5. The topological polar surface area (TPSA) is 48.1 Å². The van der Waals surface area contributed by atoms with Crippen LogP contribution in [0, 0.1) is 5.92 Å². The van der Waals surface area contributed by atoms with Crippen molar-refractivity contribution in [3.8, 4) is 5.88 Å². The molecule has 0 bridgehead atoms. The summed E-state index contributed by atoms with van der Waals surface area (Å²) < 4.78 is 5.71. The van der Waals surface area contributed by atoms with Gasteiger partial charge in [-0.2, -0.15) is 0 Å². The van der Waals surface area contributed by atoms with Crippen LogP contribution in [0.2, 0.25) is 0 Å². The monoisotopic (exact) mass is 228 g/mol. The summed E-state index contributed by atoms with van der Waals surface area (Å²) in [5.74, 6) is 1.45. The highest BCUT2D eigenvalue weighted by Gasteiger charge is 2.22. The summed E-state index contributed by atoms with van der Waals surface area (Å²) in [6.07, 6.45) is 2.58. The van der Waals surface area contributed by atoms with Crippen molar-refractivity contribution in [3.05, 3.63) is 35.9 Å². The molecule has 3 heteroatoms. The van der Waals surface area contributed by atoms with Crippen LogP contribution in [0.15, 0.2) is 30.3 Å². The third kappa shape index (κ3) is 2.24. The van der Waals surface area contributed by atoms with E-state index < -0.39 is 0 Å². The van der Waals surface area contributed by atoms with Crippen molar-refractivity contribution in [3.63, 3.8) is 0 Å². The Bertz CT molecular complexity index is 535. The molecule has 0 radical (unpaired) electrons. The van der Waals surface area contributed by atoms with E-state index in [0.29, 0.717) is 12.4 Å². The van der Waals surface area contributed by atoms with E-state index >= 15 is 0 Å². The molecule has 1 aliphatic carbocycles. The lowest BCUT2D eigenvalue weighted by Crippen LogP contribution is -2.04. The summed E-state index contributed by atoms with van der Waals surface area (Å²) >= 11 is 0. The third-order valence-electron chi connectivity index (χ3n) is 3.16.